The minimum atomic E-state index is -0.757. The number of thiazole rings is 1. The van der Waals surface area contributed by atoms with Gasteiger partial charge in [0.15, 0.2) is 11.6 Å². The molecule has 1 aliphatic carbocycles. The Labute approximate surface area is 267 Å². The van der Waals surface area contributed by atoms with Crippen molar-refractivity contribution in [3.8, 4) is 5.75 Å². The van der Waals surface area contributed by atoms with E-state index in [1.807, 2.05) is 17.0 Å². The molecule has 228 valence electrons. The molecule has 2 aromatic carbocycles. The molecule has 1 saturated heterocycles. The third-order valence-corrected chi connectivity index (χ3v) is 9.94. The summed E-state index contributed by atoms with van der Waals surface area (Å²) in [7, 11) is 0. The van der Waals surface area contributed by atoms with Gasteiger partial charge in [0.05, 0.1) is 34.2 Å². The first kappa shape index (κ1) is 30.7. The van der Waals surface area contributed by atoms with Crippen LogP contribution in [-0.2, 0) is 22.7 Å². The van der Waals surface area contributed by atoms with E-state index in [1.165, 1.54) is 11.3 Å². The van der Waals surface area contributed by atoms with E-state index in [-0.39, 0.29) is 49.6 Å². The lowest BCUT2D eigenvalue weighted by Gasteiger charge is -2.40. The molecule has 13 heteroatoms. The van der Waals surface area contributed by atoms with Crippen molar-refractivity contribution in [3.63, 3.8) is 0 Å². The first-order valence-electron chi connectivity index (χ1n) is 14.0. The number of ether oxygens (including phenoxy) is 2. The van der Waals surface area contributed by atoms with Gasteiger partial charge in [-0.1, -0.05) is 46.9 Å². The van der Waals surface area contributed by atoms with Gasteiger partial charge in [-0.3, -0.25) is 4.79 Å². The van der Waals surface area contributed by atoms with E-state index in [0.717, 1.165) is 58.1 Å². The number of hydrogen-bond donors (Lipinski definition) is 2. The Hall–Kier alpha value is -2.31. The van der Waals surface area contributed by atoms with Crippen molar-refractivity contribution in [2.45, 2.75) is 50.5 Å². The number of rotatable bonds is 11. The van der Waals surface area contributed by atoms with Gasteiger partial charge < -0.3 is 25.0 Å². The maximum atomic E-state index is 14.3. The minimum absolute atomic E-state index is 0.000201. The SMILES string of the molecule is O=C(C1=C(c2cnc(COCCOc3c(F)ccc(F)c3Cl)s2)CC2CNCC1N2)N(Cc1cccc(Cl)c1Cl)C1CC1. The van der Waals surface area contributed by atoms with Crippen LogP contribution in [-0.4, -0.2) is 60.2 Å². The Morgan fingerprint density at radius 1 is 1.07 bits per heavy atom. The third kappa shape index (κ3) is 6.86. The molecule has 1 aromatic heterocycles. The fraction of sp³-hybridized carbons (Fsp3) is 0.400. The average Bonchev–Trinajstić information content (AvgIpc) is 3.73. The predicted molar refractivity (Wildman–Crippen MR) is 164 cm³/mol. The minimum Gasteiger partial charge on any atom is -0.486 e. The Morgan fingerprint density at radius 3 is 2.70 bits per heavy atom. The molecule has 7 nitrogen and oxygen atoms in total. The standard InChI is InChI=1S/C30H29Cl3F2N4O3S/c31-20-3-1-2-16(27(20)32)14-39(18-4-5-18)30(40)26-19(10-17-11-36-12-23(26)38-17)24-13-37-25(43-24)15-41-8-9-42-29-22(35)7-6-21(34)28(29)33/h1-3,6-7,13,17-18,23,36,38H,4-5,8-12,14-15H2. The summed E-state index contributed by atoms with van der Waals surface area (Å²) in [5, 5.41) is 8.36. The molecule has 1 amide bonds. The van der Waals surface area contributed by atoms with E-state index in [9.17, 15) is 13.6 Å². The second-order valence-electron chi connectivity index (χ2n) is 10.7. The monoisotopic (exact) mass is 668 g/mol. The highest BCUT2D eigenvalue weighted by Gasteiger charge is 2.41. The zero-order chi connectivity index (χ0) is 30.1. The van der Waals surface area contributed by atoms with E-state index in [0.29, 0.717) is 29.6 Å². The number of hydrogen-bond acceptors (Lipinski definition) is 7. The summed E-state index contributed by atoms with van der Waals surface area (Å²) >= 11 is 20.1. The van der Waals surface area contributed by atoms with Crippen molar-refractivity contribution in [1.82, 2.24) is 20.5 Å². The molecular formula is C30H29Cl3F2N4O3S. The van der Waals surface area contributed by atoms with E-state index in [4.69, 9.17) is 44.3 Å². The van der Waals surface area contributed by atoms with Crippen molar-refractivity contribution in [3.05, 3.63) is 84.3 Å². The zero-order valence-corrected chi connectivity index (χ0v) is 26.1. The van der Waals surface area contributed by atoms with Gasteiger partial charge in [-0.05, 0) is 48.6 Å². The van der Waals surface area contributed by atoms with Gasteiger partial charge in [0.1, 0.15) is 22.5 Å². The average molecular weight is 670 g/mol. The lowest BCUT2D eigenvalue weighted by atomic mass is 9.86. The van der Waals surface area contributed by atoms with Crippen LogP contribution in [0, 0.1) is 11.6 Å². The Morgan fingerprint density at radius 2 is 1.88 bits per heavy atom. The normalized spacial score (nSPS) is 19.9. The molecule has 2 aliphatic heterocycles. The summed E-state index contributed by atoms with van der Waals surface area (Å²) in [6, 6.07) is 7.65. The summed E-state index contributed by atoms with van der Waals surface area (Å²) in [5.41, 5.74) is 2.59. The molecule has 0 radical (unpaired) electrons. The third-order valence-electron chi connectivity index (χ3n) is 7.70. The highest BCUT2D eigenvalue weighted by Crippen LogP contribution is 2.39. The molecule has 1 saturated carbocycles. The maximum absolute atomic E-state index is 14.3. The molecule has 3 aliphatic rings. The topological polar surface area (TPSA) is 75.7 Å². The second kappa shape index (κ2) is 13.4. The number of halogens is 5. The van der Waals surface area contributed by atoms with E-state index >= 15 is 0 Å². The van der Waals surface area contributed by atoms with E-state index in [2.05, 4.69) is 15.6 Å². The molecule has 3 aromatic rings. The van der Waals surface area contributed by atoms with Crippen molar-refractivity contribution in [2.24, 2.45) is 0 Å². The summed E-state index contributed by atoms with van der Waals surface area (Å²) < 4.78 is 38.5. The summed E-state index contributed by atoms with van der Waals surface area (Å²) in [4.78, 5) is 21.7. The number of nitrogens with zero attached hydrogens (tertiary/aromatic N) is 2. The van der Waals surface area contributed by atoms with Gasteiger partial charge in [0.25, 0.3) is 5.91 Å². The lowest BCUT2D eigenvalue weighted by molar-refractivity contribution is -0.128. The zero-order valence-electron chi connectivity index (χ0n) is 23.0. The van der Waals surface area contributed by atoms with Crippen molar-refractivity contribution >= 4 is 57.6 Å². The fourth-order valence-electron chi connectivity index (χ4n) is 5.48. The summed E-state index contributed by atoms with van der Waals surface area (Å²) in [6.45, 7) is 2.17. The molecule has 2 bridgehead atoms. The van der Waals surface area contributed by atoms with Gasteiger partial charge in [-0.2, -0.15) is 0 Å². The Kier molecular flexibility index (Phi) is 9.54. The smallest absolute Gasteiger partial charge is 0.252 e. The summed E-state index contributed by atoms with van der Waals surface area (Å²) in [6.07, 6.45) is 4.40. The number of aromatic nitrogens is 1. The maximum Gasteiger partial charge on any atom is 0.252 e. The van der Waals surface area contributed by atoms with Crippen LogP contribution in [0.4, 0.5) is 8.78 Å². The molecule has 43 heavy (non-hydrogen) atoms. The van der Waals surface area contributed by atoms with Crippen LogP contribution >= 0.6 is 46.1 Å². The molecule has 0 spiro atoms. The number of nitrogens with one attached hydrogen (secondary N) is 2. The second-order valence-corrected chi connectivity index (χ2v) is 13.0. The van der Waals surface area contributed by atoms with Crippen LogP contribution in [0.25, 0.3) is 5.57 Å². The Balaban J connectivity index is 1.17. The van der Waals surface area contributed by atoms with E-state index in [1.54, 1.807) is 12.3 Å². The lowest BCUT2D eigenvalue weighted by Crippen LogP contribution is -2.59. The van der Waals surface area contributed by atoms with E-state index < -0.39 is 16.7 Å². The van der Waals surface area contributed by atoms with Crippen molar-refractivity contribution in [2.75, 3.05) is 26.3 Å². The van der Waals surface area contributed by atoms with Gasteiger partial charge in [-0.15, -0.1) is 11.3 Å². The number of carbonyl (C=O) groups excluding carboxylic acids is 1. The molecule has 3 heterocycles. The number of fused-ring (bicyclic) bond motifs is 2. The quantitative estimate of drug-likeness (QED) is 0.186. The summed E-state index contributed by atoms with van der Waals surface area (Å²) in [5.74, 6) is -1.84. The van der Waals surface area contributed by atoms with Crippen LogP contribution in [0.2, 0.25) is 15.1 Å². The first-order chi connectivity index (χ1) is 20.8. The highest BCUT2D eigenvalue weighted by molar-refractivity contribution is 7.12. The molecule has 6 rings (SSSR count). The molecule has 2 fully saturated rings. The molecule has 2 unspecified atom stereocenters. The molecule has 2 N–H and O–H groups in total. The molecule has 2 atom stereocenters. The number of benzene rings is 2. The van der Waals surface area contributed by atoms with Crippen LogP contribution in [0.5, 0.6) is 5.75 Å². The Bertz CT molecular complexity index is 1550. The highest BCUT2D eigenvalue weighted by atomic mass is 35.5. The number of amides is 1. The van der Waals surface area contributed by atoms with Gasteiger partial charge in [0, 0.05) is 43.5 Å². The van der Waals surface area contributed by atoms with Crippen LogP contribution in [0.15, 0.2) is 42.1 Å². The number of carbonyl (C=O) groups is 1. The van der Waals surface area contributed by atoms with Crippen molar-refractivity contribution in [1.29, 1.82) is 0 Å². The largest absolute Gasteiger partial charge is 0.486 e. The first-order valence-corrected chi connectivity index (χ1v) is 16.0. The fourth-order valence-corrected chi connectivity index (χ4v) is 6.99. The predicted octanol–water partition coefficient (Wildman–Crippen LogP) is 6.26. The van der Waals surface area contributed by atoms with Crippen LogP contribution < -0.4 is 15.4 Å². The van der Waals surface area contributed by atoms with Gasteiger partial charge in [-0.25, -0.2) is 13.8 Å². The molecular weight excluding hydrogens is 641 g/mol. The van der Waals surface area contributed by atoms with Gasteiger partial charge in [0.2, 0.25) is 0 Å². The van der Waals surface area contributed by atoms with Crippen LogP contribution in [0.1, 0.15) is 34.7 Å². The number of piperazine rings is 1. The van der Waals surface area contributed by atoms with Crippen molar-refractivity contribution < 1.29 is 23.0 Å². The van der Waals surface area contributed by atoms with Gasteiger partial charge >= 0.3 is 0 Å². The van der Waals surface area contributed by atoms with Crippen LogP contribution in [0.3, 0.4) is 0 Å².